The molecule has 1 fully saturated rings. The quantitative estimate of drug-likeness (QED) is 0.737. The molecule has 0 atom stereocenters. The number of aromatic nitrogens is 2. The molecule has 3 aromatic rings. The fraction of sp³-hybridized carbons (Fsp3) is 0.364. The third-order valence-electron chi connectivity index (χ3n) is 5.47. The number of carbonyl (C=O) groups is 1. The van der Waals surface area contributed by atoms with Gasteiger partial charge in [-0.3, -0.25) is 4.79 Å². The van der Waals surface area contributed by atoms with Gasteiger partial charge in [0, 0.05) is 43.6 Å². The van der Waals surface area contributed by atoms with Gasteiger partial charge < -0.3 is 19.5 Å². The summed E-state index contributed by atoms with van der Waals surface area (Å²) >= 11 is 0. The summed E-state index contributed by atoms with van der Waals surface area (Å²) in [4.78, 5) is 19.7. The van der Waals surface area contributed by atoms with Crippen LogP contribution in [0.3, 0.4) is 0 Å². The van der Waals surface area contributed by atoms with Crippen molar-refractivity contribution in [3.8, 4) is 5.75 Å². The van der Waals surface area contributed by atoms with E-state index < -0.39 is 0 Å². The molecule has 1 aliphatic heterocycles. The van der Waals surface area contributed by atoms with E-state index in [1.165, 1.54) is 6.42 Å². The van der Waals surface area contributed by atoms with Crippen LogP contribution in [0.15, 0.2) is 36.7 Å². The van der Waals surface area contributed by atoms with Gasteiger partial charge in [0.1, 0.15) is 11.6 Å². The van der Waals surface area contributed by atoms with Crippen LogP contribution < -0.4 is 10.1 Å². The highest BCUT2D eigenvalue weighted by Gasteiger charge is 2.23. The number of benzene rings is 1. The van der Waals surface area contributed by atoms with Crippen LogP contribution in [-0.4, -0.2) is 40.6 Å². The van der Waals surface area contributed by atoms with Gasteiger partial charge >= 0.3 is 0 Å². The number of pyridine rings is 1. The number of piperidine rings is 1. The minimum Gasteiger partial charge on any atom is -0.497 e. The van der Waals surface area contributed by atoms with Crippen LogP contribution in [0.1, 0.15) is 35.2 Å². The smallest absolute Gasteiger partial charge is 0.257 e. The Bertz CT molecular complexity index is 1020. The molecule has 1 saturated heterocycles. The van der Waals surface area contributed by atoms with E-state index in [2.05, 4.69) is 10.3 Å². The fourth-order valence-electron chi connectivity index (χ4n) is 3.87. The third kappa shape index (κ3) is 3.30. The van der Waals surface area contributed by atoms with Crippen molar-refractivity contribution in [3.05, 3.63) is 47.8 Å². The summed E-state index contributed by atoms with van der Waals surface area (Å²) in [5.74, 6) is 1.65. The van der Waals surface area contributed by atoms with E-state index in [-0.39, 0.29) is 5.91 Å². The molecule has 2 aromatic heterocycles. The van der Waals surface area contributed by atoms with Crippen molar-refractivity contribution in [3.63, 3.8) is 0 Å². The number of fused-ring (bicyclic) bond motifs is 1. The molecule has 1 aromatic carbocycles. The van der Waals surface area contributed by atoms with E-state index >= 15 is 0 Å². The highest BCUT2D eigenvalue weighted by Crippen LogP contribution is 2.31. The summed E-state index contributed by atoms with van der Waals surface area (Å²) in [5, 5.41) is 4.37. The fourth-order valence-corrected chi connectivity index (χ4v) is 3.87. The Balaban J connectivity index is 1.71. The number of carbonyl (C=O) groups excluding carboxylic acids is 1. The highest BCUT2D eigenvalue weighted by atomic mass is 16.5. The Kier molecular flexibility index (Phi) is 4.94. The van der Waals surface area contributed by atoms with Gasteiger partial charge in [-0.25, -0.2) is 4.98 Å². The molecule has 6 nitrogen and oxygen atoms in total. The molecular formula is C22H26N4O2. The average molecular weight is 378 g/mol. The average Bonchev–Trinajstić information content (AvgIpc) is 3.12. The minimum atomic E-state index is 0.0752. The second-order valence-electron chi connectivity index (χ2n) is 7.37. The number of hydrogen-bond acceptors (Lipinski definition) is 4. The van der Waals surface area contributed by atoms with Gasteiger partial charge in [-0.15, -0.1) is 0 Å². The number of amides is 1. The van der Waals surface area contributed by atoms with Crippen molar-refractivity contribution in [2.75, 3.05) is 25.5 Å². The van der Waals surface area contributed by atoms with Crippen molar-refractivity contribution in [2.24, 2.45) is 7.05 Å². The maximum atomic E-state index is 13.1. The first-order valence-electron chi connectivity index (χ1n) is 9.73. The number of ether oxygens (including phenoxy) is 1. The van der Waals surface area contributed by atoms with E-state index in [1.54, 1.807) is 13.3 Å². The molecule has 146 valence electrons. The maximum absolute atomic E-state index is 13.1. The molecule has 1 amide bonds. The molecule has 0 spiro atoms. The Morgan fingerprint density at radius 2 is 1.96 bits per heavy atom. The van der Waals surface area contributed by atoms with Gasteiger partial charge in [0.15, 0.2) is 0 Å². The van der Waals surface area contributed by atoms with Crippen LogP contribution >= 0.6 is 0 Å². The standard InChI is InChI=1S/C22H26N4O2/c1-15-13-16(28-3)7-8-19(15)24-21-17-9-12-25(2)20(17)18(14-23-21)22(27)26-10-5-4-6-11-26/h7-9,12-14H,4-6,10-11H2,1-3H3,(H,23,24). The van der Waals surface area contributed by atoms with Crippen LogP contribution in [0.5, 0.6) is 5.75 Å². The van der Waals surface area contributed by atoms with E-state index in [0.29, 0.717) is 5.56 Å². The van der Waals surface area contributed by atoms with E-state index in [0.717, 1.165) is 59.7 Å². The highest BCUT2D eigenvalue weighted by molar-refractivity contribution is 6.08. The first-order chi connectivity index (χ1) is 13.6. The second kappa shape index (κ2) is 7.54. The number of likely N-dealkylation sites (tertiary alicyclic amines) is 1. The summed E-state index contributed by atoms with van der Waals surface area (Å²) in [5.41, 5.74) is 3.62. The largest absolute Gasteiger partial charge is 0.497 e. The maximum Gasteiger partial charge on any atom is 0.257 e. The third-order valence-corrected chi connectivity index (χ3v) is 5.47. The molecule has 0 bridgehead atoms. The van der Waals surface area contributed by atoms with Gasteiger partial charge in [-0.2, -0.15) is 0 Å². The lowest BCUT2D eigenvalue weighted by Gasteiger charge is -2.27. The zero-order chi connectivity index (χ0) is 19.7. The number of rotatable bonds is 4. The predicted octanol–water partition coefficient (Wildman–Crippen LogP) is 4.26. The van der Waals surface area contributed by atoms with Crippen LogP contribution in [0.2, 0.25) is 0 Å². The van der Waals surface area contributed by atoms with Crippen molar-refractivity contribution in [1.82, 2.24) is 14.5 Å². The van der Waals surface area contributed by atoms with E-state index in [4.69, 9.17) is 4.74 Å². The molecule has 1 aliphatic rings. The first kappa shape index (κ1) is 18.3. The summed E-state index contributed by atoms with van der Waals surface area (Å²) < 4.78 is 7.28. The van der Waals surface area contributed by atoms with Gasteiger partial charge in [0.05, 0.1) is 18.2 Å². The van der Waals surface area contributed by atoms with Gasteiger partial charge in [0.25, 0.3) is 5.91 Å². The Morgan fingerprint density at radius 1 is 1.18 bits per heavy atom. The lowest BCUT2D eigenvalue weighted by molar-refractivity contribution is 0.0725. The summed E-state index contributed by atoms with van der Waals surface area (Å²) in [7, 11) is 3.63. The number of nitrogens with one attached hydrogen (secondary N) is 1. The van der Waals surface area contributed by atoms with Crippen molar-refractivity contribution >= 4 is 28.3 Å². The van der Waals surface area contributed by atoms with Gasteiger partial charge in [-0.1, -0.05) is 0 Å². The summed E-state index contributed by atoms with van der Waals surface area (Å²) in [6, 6.07) is 7.90. The van der Waals surface area contributed by atoms with Crippen molar-refractivity contribution in [2.45, 2.75) is 26.2 Å². The molecule has 0 aliphatic carbocycles. The second-order valence-corrected chi connectivity index (χ2v) is 7.37. The van der Waals surface area contributed by atoms with Gasteiger partial charge in [0.2, 0.25) is 0 Å². The van der Waals surface area contributed by atoms with E-state index in [9.17, 15) is 4.79 Å². The normalized spacial score (nSPS) is 14.3. The Morgan fingerprint density at radius 3 is 2.68 bits per heavy atom. The van der Waals surface area contributed by atoms with Crippen molar-refractivity contribution in [1.29, 1.82) is 0 Å². The molecule has 0 saturated carbocycles. The zero-order valence-electron chi connectivity index (χ0n) is 16.7. The van der Waals surface area contributed by atoms with Crippen LogP contribution in [0.4, 0.5) is 11.5 Å². The minimum absolute atomic E-state index is 0.0752. The summed E-state index contributed by atoms with van der Waals surface area (Å²) in [6.07, 6.45) is 7.04. The monoisotopic (exact) mass is 378 g/mol. The lowest BCUT2D eigenvalue weighted by Crippen LogP contribution is -2.35. The molecule has 28 heavy (non-hydrogen) atoms. The topological polar surface area (TPSA) is 59.4 Å². The van der Waals surface area contributed by atoms with Crippen LogP contribution in [-0.2, 0) is 7.05 Å². The van der Waals surface area contributed by atoms with Crippen molar-refractivity contribution < 1.29 is 9.53 Å². The number of anilines is 2. The molecule has 6 heteroatoms. The molecule has 4 rings (SSSR count). The number of aryl methyl sites for hydroxylation is 2. The molecular weight excluding hydrogens is 352 g/mol. The van der Waals surface area contributed by atoms with Crippen LogP contribution in [0, 0.1) is 6.92 Å². The Labute approximate surface area is 165 Å². The SMILES string of the molecule is COc1ccc(Nc2ncc(C(=O)N3CCCCC3)c3c2ccn3C)c(C)c1. The zero-order valence-corrected chi connectivity index (χ0v) is 16.7. The first-order valence-corrected chi connectivity index (χ1v) is 9.73. The summed E-state index contributed by atoms with van der Waals surface area (Å²) in [6.45, 7) is 3.69. The number of nitrogens with zero attached hydrogens (tertiary/aromatic N) is 3. The molecule has 3 heterocycles. The molecule has 1 N–H and O–H groups in total. The lowest BCUT2D eigenvalue weighted by atomic mass is 10.1. The predicted molar refractivity (Wildman–Crippen MR) is 111 cm³/mol. The Hall–Kier alpha value is -3.02. The molecule has 0 radical (unpaired) electrons. The number of hydrogen-bond donors (Lipinski definition) is 1. The molecule has 0 unspecified atom stereocenters. The van der Waals surface area contributed by atoms with Gasteiger partial charge in [-0.05, 0) is 56.0 Å². The number of methoxy groups -OCH3 is 1. The van der Waals surface area contributed by atoms with E-state index in [1.807, 2.05) is 53.9 Å². The van der Waals surface area contributed by atoms with Crippen LogP contribution in [0.25, 0.3) is 10.9 Å².